The Labute approximate surface area is 194 Å². The number of imidazole rings is 1. The topological polar surface area (TPSA) is 65.0 Å². The Bertz CT molecular complexity index is 1090. The van der Waals surface area contributed by atoms with Gasteiger partial charge in [0, 0.05) is 35.5 Å². The zero-order valence-electron chi connectivity index (χ0n) is 19.1. The lowest BCUT2D eigenvalue weighted by Gasteiger charge is -2.42. The minimum atomic E-state index is -0.514. The van der Waals surface area contributed by atoms with Gasteiger partial charge in [0.05, 0.1) is 24.6 Å². The molecule has 3 heterocycles. The fraction of sp³-hybridized carbons (Fsp3) is 0.333. The van der Waals surface area contributed by atoms with Gasteiger partial charge in [-0.05, 0) is 12.0 Å². The fourth-order valence-corrected chi connectivity index (χ4v) is 4.61. The van der Waals surface area contributed by atoms with Gasteiger partial charge in [0.1, 0.15) is 0 Å². The van der Waals surface area contributed by atoms with Crippen LogP contribution in [0.5, 0.6) is 0 Å². The largest absolute Gasteiger partial charge is 0.345 e. The first-order valence-electron chi connectivity index (χ1n) is 11.6. The summed E-state index contributed by atoms with van der Waals surface area (Å²) in [6.07, 6.45) is 4.36. The van der Waals surface area contributed by atoms with Crippen LogP contribution in [-0.2, 0) is 16.0 Å². The number of hydrogen-bond donors (Lipinski definition) is 1. The maximum absolute atomic E-state index is 6.28. The lowest BCUT2D eigenvalue weighted by molar-refractivity contribution is -0.245. The first kappa shape index (κ1) is 21.6. The van der Waals surface area contributed by atoms with Gasteiger partial charge < -0.3 is 14.5 Å². The third kappa shape index (κ3) is 4.49. The van der Waals surface area contributed by atoms with Crippen LogP contribution in [0.25, 0.3) is 22.5 Å². The minimum Gasteiger partial charge on any atom is -0.345 e. The molecule has 1 fully saturated rings. The summed E-state index contributed by atoms with van der Waals surface area (Å²) in [6, 6.07) is 22.5. The first-order chi connectivity index (χ1) is 16.2. The van der Waals surface area contributed by atoms with Gasteiger partial charge >= 0.3 is 0 Å². The van der Waals surface area contributed by atoms with Crippen LogP contribution in [0.15, 0.2) is 79.1 Å². The molecule has 2 aromatic carbocycles. The predicted octanol–water partition coefficient (Wildman–Crippen LogP) is 5.72. The highest BCUT2D eigenvalue weighted by Crippen LogP contribution is 2.40. The molecule has 2 aromatic heterocycles. The number of aromatic amines is 1. The molecule has 170 valence electrons. The maximum atomic E-state index is 6.28. The SMILES string of the molecule is CCC(Cn1cccn1)C1(C)COC(c2nc(-c3ccccc3)c(-c3ccccc3)[nH]2)OC1. The summed E-state index contributed by atoms with van der Waals surface area (Å²) in [6.45, 7) is 6.54. The van der Waals surface area contributed by atoms with Crippen molar-refractivity contribution in [3.63, 3.8) is 0 Å². The molecule has 1 N–H and O–H groups in total. The molecule has 1 saturated heterocycles. The van der Waals surface area contributed by atoms with E-state index in [-0.39, 0.29) is 5.41 Å². The summed E-state index contributed by atoms with van der Waals surface area (Å²) < 4.78 is 14.5. The van der Waals surface area contributed by atoms with Crippen LogP contribution in [0.2, 0.25) is 0 Å². The normalized spacial score (nSPS) is 21.7. The van der Waals surface area contributed by atoms with Crippen LogP contribution < -0.4 is 0 Å². The second-order valence-corrected chi connectivity index (χ2v) is 9.02. The first-order valence-corrected chi connectivity index (χ1v) is 11.6. The van der Waals surface area contributed by atoms with E-state index >= 15 is 0 Å². The Morgan fingerprint density at radius 3 is 2.27 bits per heavy atom. The van der Waals surface area contributed by atoms with E-state index in [1.165, 1.54) is 0 Å². The monoisotopic (exact) mass is 442 g/mol. The van der Waals surface area contributed by atoms with Crippen molar-refractivity contribution < 1.29 is 9.47 Å². The number of ether oxygens (including phenoxy) is 2. The Balaban J connectivity index is 1.38. The van der Waals surface area contributed by atoms with E-state index in [2.05, 4.69) is 48.2 Å². The third-order valence-corrected chi connectivity index (χ3v) is 6.63. The van der Waals surface area contributed by atoms with Crippen molar-refractivity contribution in [3.05, 3.63) is 84.9 Å². The van der Waals surface area contributed by atoms with Gasteiger partial charge in [-0.2, -0.15) is 5.10 Å². The molecular weight excluding hydrogens is 412 g/mol. The lowest BCUT2D eigenvalue weighted by Crippen LogP contribution is -2.43. The fourth-order valence-electron chi connectivity index (χ4n) is 4.61. The van der Waals surface area contributed by atoms with Crippen LogP contribution in [0, 0.1) is 11.3 Å². The molecule has 1 atom stereocenters. The molecule has 0 bridgehead atoms. The predicted molar refractivity (Wildman–Crippen MR) is 128 cm³/mol. The Morgan fingerprint density at radius 1 is 1.00 bits per heavy atom. The summed E-state index contributed by atoms with van der Waals surface area (Å²) in [4.78, 5) is 8.43. The van der Waals surface area contributed by atoms with Crippen LogP contribution in [0.3, 0.4) is 0 Å². The molecule has 0 spiro atoms. The number of nitrogens with zero attached hydrogens (tertiary/aromatic N) is 3. The number of H-pyrrole nitrogens is 1. The molecule has 1 unspecified atom stereocenters. The van der Waals surface area contributed by atoms with E-state index in [1.807, 2.05) is 59.5 Å². The lowest BCUT2D eigenvalue weighted by atomic mass is 9.76. The highest BCUT2D eigenvalue weighted by atomic mass is 16.7. The van der Waals surface area contributed by atoms with Crippen molar-refractivity contribution in [2.45, 2.75) is 33.1 Å². The van der Waals surface area contributed by atoms with E-state index in [9.17, 15) is 0 Å². The highest BCUT2D eigenvalue weighted by Gasteiger charge is 2.40. The summed E-state index contributed by atoms with van der Waals surface area (Å²) >= 11 is 0. The zero-order valence-corrected chi connectivity index (χ0v) is 19.1. The second kappa shape index (κ2) is 9.33. The Kier molecular flexibility index (Phi) is 6.11. The molecule has 0 amide bonds. The van der Waals surface area contributed by atoms with Gasteiger partial charge in [-0.15, -0.1) is 0 Å². The van der Waals surface area contributed by atoms with E-state index in [4.69, 9.17) is 14.5 Å². The molecule has 33 heavy (non-hydrogen) atoms. The van der Waals surface area contributed by atoms with E-state index in [0.29, 0.717) is 25.0 Å². The molecule has 0 aliphatic carbocycles. The molecule has 1 aliphatic rings. The van der Waals surface area contributed by atoms with E-state index < -0.39 is 6.29 Å². The smallest absolute Gasteiger partial charge is 0.217 e. The van der Waals surface area contributed by atoms with E-state index in [0.717, 1.165) is 35.5 Å². The number of rotatable bonds is 7. The molecular formula is C27H30N4O2. The Hall–Kier alpha value is -3.22. The van der Waals surface area contributed by atoms with Crippen LogP contribution >= 0.6 is 0 Å². The van der Waals surface area contributed by atoms with Gasteiger partial charge in [0.15, 0.2) is 5.82 Å². The zero-order chi connectivity index (χ0) is 22.7. The van der Waals surface area contributed by atoms with Gasteiger partial charge in [0.2, 0.25) is 6.29 Å². The van der Waals surface area contributed by atoms with Crippen molar-refractivity contribution in [3.8, 4) is 22.5 Å². The third-order valence-electron chi connectivity index (χ3n) is 6.63. The molecule has 6 nitrogen and oxygen atoms in total. The van der Waals surface area contributed by atoms with Gasteiger partial charge in [-0.3, -0.25) is 4.68 Å². The standard InChI is InChI=1S/C27H30N4O2/c1-3-22(17-31-16-10-15-28-31)27(2)18-32-26(33-19-27)25-29-23(20-11-6-4-7-12-20)24(30-25)21-13-8-5-9-14-21/h4-16,22,26H,3,17-19H2,1-2H3,(H,29,30). The Morgan fingerprint density at radius 2 is 1.67 bits per heavy atom. The van der Waals surface area contributed by atoms with Gasteiger partial charge in [-0.1, -0.05) is 80.9 Å². The van der Waals surface area contributed by atoms with Crippen molar-refractivity contribution >= 4 is 0 Å². The summed E-state index contributed by atoms with van der Waals surface area (Å²) in [7, 11) is 0. The van der Waals surface area contributed by atoms with Crippen molar-refractivity contribution in [1.29, 1.82) is 0 Å². The van der Waals surface area contributed by atoms with Gasteiger partial charge in [-0.25, -0.2) is 4.98 Å². The molecule has 5 rings (SSSR count). The van der Waals surface area contributed by atoms with Crippen LogP contribution in [0.4, 0.5) is 0 Å². The second-order valence-electron chi connectivity index (χ2n) is 9.02. The summed E-state index contributed by atoms with van der Waals surface area (Å²) in [5.74, 6) is 1.10. The van der Waals surface area contributed by atoms with Crippen LogP contribution in [-0.4, -0.2) is 33.0 Å². The van der Waals surface area contributed by atoms with Crippen molar-refractivity contribution in [2.24, 2.45) is 11.3 Å². The summed E-state index contributed by atoms with van der Waals surface area (Å²) in [5.41, 5.74) is 3.93. The number of benzene rings is 2. The van der Waals surface area contributed by atoms with Crippen molar-refractivity contribution in [1.82, 2.24) is 19.7 Å². The molecule has 6 heteroatoms. The number of nitrogens with one attached hydrogen (secondary N) is 1. The summed E-state index contributed by atoms with van der Waals surface area (Å²) in [5, 5.41) is 4.38. The minimum absolute atomic E-state index is 0.0890. The molecule has 0 radical (unpaired) electrons. The molecule has 4 aromatic rings. The quantitative estimate of drug-likeness (QED) is 0.398. The average Bonchev–Trinajstić information content (AvgIpc) is 3.54. The van der Waals surface area contributed by atoms with E-state index in [1.54, 1.807) is 0 Å². The van der Waals surface area contributed by atoms with Crippen molar-refractivity contribution in [2.75, 3.05) is 13.2 Å². The molecule has 0 saturated carbocycles. The number of aromatic nitrogens is 4. The average molecular weight is 443 g/mol. The molecule has 1 aliphatic heterocycles. The highest BCUT2D eigenvalue weighted by molar-refractivity contribution is 5.78. The van der Waals surface area contributed by atoms with Crippen LogP contribution in [0.1, 0.15) is 32.4 Å². The van der Waals surface area contributed by atoms with Gasteiger partial charge in [0.25, 0.3) is 0 Å². The number of hydrogen-bond acceptors (Lipinski definition) is 4. The maximum Gasteiger partial charge on any atom is 0.217 e.